The van der Waals surface area contributed by atoms with Crippen molar-refractivity contribution in [3.05, 3.63) is 48.3 Å². The number of benzene rings is 1. The van der Waals surface area contributed by atoms with Crippen LogP contribution >= 0.6 is 24.0 Å². The Bertz CT molecular complexity index is 869. The number of piperazine rings is 1. The number of amides is 2. The molecule has 2 heterocycles. The molecule has 162 valence electrons. The Labute approximate surface area is 193 Å². The molecular weight excluding hydrogens is 497 g/mol. The number of carbonyl (C=O) groups excluding carboxylic acids is 2. The Balaban J connectivity index is 0.00000320. The van der Waals surface area contributed by atoms with Crippen LogP contribution < -0.4 is 15.5 Å². The molecule has 1 saturated heterocycles. The first kappa shape index (κ1) is 23.6. The molecule has 1 aromatic heterocycles. The van der Waals surface area contributed by atoms with Gasteiger partial charge in [0.25, 0.3) is 5.91 Å². The number of halogens is 1. The number of aromatic nitrogens is 2. The largest absolute Gasteiger partial charge is 0.356 e. The van der Waals surface area contributed by atoms with Gasteiger partial charge in [0.15, 0.2) is 5.96 Å². The van der Waals surface area contributed by atoms with Crippen molar-refractivity contribution in [3.63, 3.8) is 0 Å². The summed E-state index contributed by atoms with van der Waals surface area (Å²) in [5.41, 5.74) is 1.47. The number of rotatable bonds is 6. The molecule has 30 heavy (non-hydrogen) atoms. The van der Waals surface area contributed by atoms with Gasteiger partial charge in [-0.05, 0) is 18.6 Å². The molecule has 1 fully saturated rings. The van der Waals surface area contributed by atoms with E-state index < -0.39 is 0 Å². The van der Waals surface area contributed by atoms with E-state index in [9.17, 15) is 9.59 Å². The normalized spacial score (nSPS) is 14.3. The second-order valence-electron chi connectivity index (χ2n) is 6.79. The molecule has 0 spiro atoms. The fourth-order valence-corrected chi connectivity index (χ4v) is 3.19. The van der Waals surface area contributed by atoms with Gasteiger partial charge in [0, 0.05) is 52.0 Å². The van der Waals surface area contributed by atoms with E-state index in [2.05, 4.69) is 20.7 Å². The molecular formula is C20H28IN7O2. The highest BCUT2D eigenvalue weighted by molar-refractivity contribution is 14.0. The predicted molar refractivity (Wildman–Crippen MR) is 127 cm³/mol. The van der Waals surface area contributed by atoms with Crippen LogP contribution in [0.4, 0.5) is 5.69 Å². The minimum Gasteiger partial charge on any atom is -0.356 e. The minimum absolute atomic E-state index is 0. The molecule has 10 heteroatoms. The topological polar surface area (TPSA) is 94.9 Å². The number of nitrogens with one attached hydrogen (secondary N) is 2. The Hall–Kier alpha value is -2.63. The molecule has 2 N–H and O–H groups in total. The lowest BCUT2D eigenvalue weighted by Crippen LogP contribution is -2.55. The molecule has 0 bridgehead atoms. The van der Waals surface area contributed by atoms with Gasteiger partial charge in [-0.2, -0.15) is 5.10 Å². The number of nitrogens with zero attached hydrogens (tertiary/aromatic N) is 5. The summed E-state index contributed by atoms with van der Waals surface area (Å²) in [7, 11) is 3.54. The molecule has 1 aliphatic heterocycles. The second-order valence-corrected chi connectivity index (χ2v) is 6.79. The van der Waals surface area contributed by atoms with Crippen molar-refractivity contribution >= 4 is 47.4 Å². The SMILES string of the molecule is CN=C(NCCCNC(=O)c1ccccc1)N1CCN(c2cnn(C)c2)C(=O)C1.I. The monoisotopic (exact) mass is 525 g/mol. The van der Waals surface area contributed by atoms with Gasteiger partial charge in [0.1, 0.15) is 6.54 Å². The fraction of sp³-hybridized carbons (Fsp3) is 0.400. The maximum atomic E-state index is 12.5. The smallest absolute Gasteiger partial charge is 0.251 e. The zero-order chi connectivity index (χ0) is 20.6. The van der Waals surface area contributed by atoms with Crippen molar-refractivity contribution < 1.29 is 9.59 Å². The van der Waals surface area contributed by atoms with Crippen LogP contribution in [0.2, 0.25) is 0 Å². The van der Waals surface area contributed by atoms with Crippen LogP contribution in [-0.4, -0.2) is 72.2 Å². The van der Waals surface area contributed by atoms with E-state index in [1.54, 1.807) is 35.0 Å². The number of hydrogen-bond donors (Lipinski definition) is 2. The third-order valence-electron chi connectivity index (χ3n) is 4.69. The van der Waals surface area contributed by atoms with Crippen molar-refractivity contribution in [1.29, 1.82) is 0 Å². The molecule has 3 rings (SSSR count). The summed E-state index contributed by atoms with van der Waals surface area (Å²) in [5.74, 6) is 0.632. The van der Waals surface area contributed by atoms with Crippen molar-refractivity contribution in [1.82, 2.24) is 25.3 Å². The van der Waals surface area contributed by atoms with E-state index in [0.717, 1.165) is 12.1 Å². The molecule has 0 radical (unpaired) electrons. The summed E-state index contributed by atoms with van der Waals surface area (Å²) in [6.07, 6.45) is 4.29. The molecule has 1 aliphatic rings. The van der Waals surface area contributed by atoms with Crippen LogP contribution in [0, 0.1) is 0 Å². The molecule has 0 unspecified atom stereocenters. The van der Waals surface area contributed by atoms with Crippen LogP contribution in [0.3, 0.4) is 0 Å². The maximum absolute atomic E-state index is 12.5. The van der Waals surface area contributed by atoms with Gasteiger partial charge in [0.2, 0.25) is 5.91 Å². The van der Waals surface area contributed by atoms with Gasteiger partial charge in [-0.15, -0.1) is 24.0 Å². The van der Waals surface area contributed by atoms with Crippen LogP contribution in [-0.2, 0) is 11.8 Å². The first-order valence-corrected chi connectivity index (χ1v) is 9.66. The van der Waals surface area contributed by atoms with Crippen molar-refractivity contribution in [2.24, 2.45) is 12.0 Å². The highest BCUT2D eigenvalue weighted by Crippen LogP contribution is 2.15. The number of carbonyl (C=O) groups is 2. The molecule has 0 atom stereocenters. The Morgan fingerprint density at radius 2 is 1.90 bits per heavy atom. The Morgan fingerprint density at radius 3 is 2.53 bits per heavy atom. The number of aliphatic imine (C=N–C) groups is 1. The van der Waals surface area contributed by atoms with Crippen molar-refractivity contribution in [2.75, 3.05) is 44.7 Å². The quantitative estimate of drug-likeness (QED) is 0.255. The third-order valence-corrected chi connectivity index (χ3v) is 4.69. The number of aryl methyl sites for hydroxylation is 1. The average Bonchev–Trinajstić information content (AvgIpc) is 3.17. The predicted octanol–water partition coefficient (Wildman–Crippen LogP) is 1.08. The van der Waals surface area contributed by atoms with E-state index in [1.165, 1.54) is 0 Å². The Kier molecular flexibility index (Phi) is 9.09. The lowest BCUT2D eigenvalue weighted by molar-refractivity contribution is -0.120. The summed E-state index contributed by atoms with van der Waals surface area (Å²) < 4.78 is 1.69. The summed E-state index contributed by atoms with van der Waals surface area (Å²) in [6.45, 7) is 2.74. The third kappa shape index (κ3) is 6.18. The van der Waals surface area contributed by atoms with Crippen LogP contribution in [0.5, 0.6) is 0 Å². The van der Waals surface area contributed by atoms with Gasteiger partial charge in [-0.1, -0.05) is 18.2 Å². The summed E-state index contributed by atoms with van der Waals surface area (Å²) in [4.78, 5) is 32.5. The highest BCUT2D eigenvalue weighted by atomic mass is 127. The summed E-state index contributed by atoms with van der Waals surface area (Å²) >= 11 is 0. The molecule has 1 aromatic carbocycles. The van der Waals surface area contributed by atoms with Gasteiger partial charge < -0.3 is 20.4 Å². The van der Waals surface area contributed by atoms with E-state index in [0.29, 0.717) is 37.7 Å². The molecule has 2 aromatic rings. The maximum Gasteiger partial charge on any atom is 0.251 e. The van der Waals surface area contributed by atoms with Gasteiger partial charge in [-0.3, -0.25) is 19.3 Å². The summed E-state index contributed by atoms with van der Waals surface area (Å²) in [6, 6.07) is 9.15. The van der Waals surface area contributed by atoms with Gasteiger partial charge in [-0.25, -0.2) is 0 Å². The van der Waals surface area contributed by atoms with E-state index >= 15 is 0 Å². The molecule has 9 nitrogen and oxygen atoms in total. The minimum atomic E-state index is -0.0768. The first-order valence-electron chi connectivity index (χ1n) is 9.66. The van der Waals surface area contributed by atoms with Gasteiger partial charge >= 0.3 is 0 Å². The number of guanidine groups is 1. The second kappa shape index (κ2) is 11.5. The molecule has 0 saturated carbocycles. The highest BCUT2D eigenvalue weighted by Gasteiger charge is 2.27. The zero-order valence-corrected chi connectivity index (χ0v) is 19.6. The molecule has 2 amide bonds. The van der Waals surface area contributed by atoms with Crippen LogP contribution in [0.15, 0.2) is 47.7 Å². The van der Waals surface area contributed by atoms with E-state index in [-0.39, 0.29) is 42.3 Å². The van der Waals surface area contributed by atoms with Crippen LogP contribution in [0.25, 0.3) is 0 Å². The number of anilines is 1. The lowest BCUT2D eigenvalue weighted by atomic mass is 10.2. The first-order chi connectivity index (χ1) is 14.1. The van der Waals surface area contributed by atoms with Crippen molar-refractivity contribution in [3.8, 4) is 0 Å². The average molecular weight is 525 g/mol. The van der Waals surface area contributed by atoms with Crippen molar-refractivity contribution in [2.45, 2.75) is 6.42 Å². The standard InChI is InChI=1S/C20H27N7O2.HI/c1-21-20(23-10-6-9-22-19(29)16-7-4-3-5-8-16)26-11-12-27(18(28)15-26)17-13-24-25(2)14-17;/h3-5,7-8,13-14H,6,9-12,15H2,1-2H3,(H,21,23)(H,22,29);1H. The van der Waals surface area contributed by atoms with Gasteiger partial charge in [0.05, 0.1) is 11.9 Å². The van der Waals surface area contributed by atoms with E-state index in [1.807, 2.05) is 36.3 Å². The zero-order valence-electron chi connectivity index (χ0n) is 17.2. The summed E-state index contributed by atoms with van der Waals surface area (Å²) in [5, 5.41) is 10.3. The number of hydrogen-bond acceptors (Lipinski definition) is 4. The fourth-order valence-electron chi connectivity index (χ4n) is 3.19. The lowest BCUT2D eigenvalue weighted by Gasteiger charge is -2.35. The molecule has 0 aliphatic carbocycles. The van der Waals surface area contributed by atoms with Crippen LogP contribution in [0.1, 0.15) is 16.8 Å². The Morgan fingerprint density at radius 1 is 1.17 bits per heavy atom. The van der Waals surface area contributed by atoms with E-state index in [4.69, 9.17) is 0 Å².